The number of nitrogens with one attached hydrogen (secondary N) is 1. The maximum Gasteiger partial charge on any atom is 0.252 e. The number of likely N-dealkylation sites (tertiary alicyclic amines) is 1. The zero-order valence-corrected chi connectivity index (χ0v) is 21.0. The molecule has 8 heteroatoms. The number of carbonyl (C=O) groups is 1. The first-order valence-corrected chi connectivity index (χ1v) is 13.2. The van der Waals surface area contributed by atoms with E-state index in [1.54, 1.807) is 18.2 Å². The summed E-state index contributed by atoms with van der Waals surface area (Å²) in [4.78, 5) is 16.1. The van der Waals surface area contributed by atoms with E-state index < -0.39 is 11.4 Å². The first kappa shape index (κ1) is 25.1. The highest BCUT2D eigenvalue weighted by molar-refractivity contribution is 5.85. The zero-order chi connectivity index (χ0) is 24.5. The quantitative estimate of drug-likeness (QED) is 0.542. The first-order valence-electron chi connectivity index (χ1n) is 13.2. The van der Waals surface area contributed by atoms with Crippen molar-refractivity contribution >= 4 is 5.91 Å². The number of hydrogen-bond donors (Lipinski definition) is 1. The number of halogens is 1. The minimum absolute atomic E-state index is 0.00317. The van der Waals surface area contributed by atoms with E-state index >= 15 is 0 Å². The van der Waals surface area contributed by atoms with Gasteiger partial charge in [0, 0.05) is 38.1 Å². The third-order valence-corrected chi connectivity index (χ3v) is 7.68. The first-order chi connectivity index (χ1) is 16.8. The SMILES string of the molecule is CC1(C)O[C@@H]2C[C@@](OCc3ccccc3F)(C(=O)NCCN3CCCC3)CC(OCC3CC3)[C@@H]2O1. The largest absolute Gasteiger partial charge is 0.375 e. The highest BCUT2D eigenvalue weighted by atomic mass is 19.1. The van der Waals surface area contributed by atoms with E-state index in [1.807, 2.05) is 13.8 Å². The molecule has 0 spiro atoms. The van der Waals surface area contributed by atoms with E-state index in [9.17, 15) is 9.18 Å². The van der Waals surface area contributed by atoms with Crippen LogP contribution in [-0.4, -0.2) is 73.3 Å². The van der Waals surface area contributed by atoms with Gasteiger partial charge in [-0.2, -0.15) is 0 Å². The van der Waals surface area contributed by atoms with Gasteiger partial charge in [-0.05, 0) is 64.6 Å². The molecule has 1 unspecified atom stereocenters. The highest BCUT2D eigenvalue weighted by Crippen LogP contribution is 2.44. The van der Waals surface area contributed by atoms with E-state index in [-0.39, 0.29) is 36.6 Å². The molecular weight excluding hydrogens is 451 g/mol. The van der Waals surface area contributed by atoms with Crippen molar-refractivity contribution in [3.05, 3.63) is 35.6 Å². The summed E-state index contributed by atoms with van der Waals surface area (Å²) < 4.78 is 39.6. The van der Waals surface area contributed by atoms with E-state index in [1.165, 1.54) is 31.7 Å². The molecule has 2 saturated heterocycles. The molecule has 0 radical (unpaired) electrons. The summed E-state index contributed by atoms with van der Waals surface area (Å²) in [6.45, 7) is 7.95. The monoisotopic (exact) mass is 490 g/mol. The summed E-state index contributed by atoms with van der Waals surface area (Å²) >= 11 is 0. The Morgan fingerprint density at radius 3 is 2.69 bits per heavy atom. The Labute approximate surface area is 207 Å². The topological polar surface area (TPSA) is 69.3 Å². The lowest BCUT2D eigenvalue weighted by Crippen LogP contribution is -2.60. The van der Waals surface area contributed by atoms with Gasteiger partial charge in [-0.25, -0.2) is 4.39 Å². The minimum Gasteiger partial charge on any atom is -0.375 e. The highest BCUT2D eigenvalue weighted by Gasteiger charge is 2.58. The Balaban J connectivity index is 1.34. The molecule has 1 amide bonds. The van der Waals surface area contributed by atoms with Crippen LogP contribution in [-0.2, 0) is 30.3 Å². The average Bonchev–Trinajstić information content (AvgIpc) is 3.40. The zero-order valence-electron chi connectivity index (χ0n) is 21.0. The Morgan fingerprint density at radius 2 is 1.94 bits per heavy atom. The molecule has 7 nitrogen and oxygen atoms in total. The van der Waals surface area contributed by atoms with Crippen molar-refractivity contribution in [2.75, 3.05) is 32.8 Å². The van der Waals surface area contributed by atoms with Crippen LogP contribution in [0, 0.1) is 11.7 Å². The predicted octanol–water partition coefficient (Wildman–Crippen LogP) is 3.40. The van der Waals surface area contributed by atoms with E-state index in [2.05, 4.69) is 10.2 Å². The van der Waals surface area contributed by atoms with Crippen molar-refractivity contribution in [2.24, 2.45) is 5.92 Å². The molecule has 1 aromatic rings. The Morgan fingerprint density at radius 1 is 1.17 bits per heavy atom. The van der Waals surface area contributed by atoms with Crippen LogP contribution in [0.5, 0.6) is 0 Å². The lowest BCUT2D eigenvalue weighted by atomic mass is 9.78. The van der Waals surface area contributed by atoms with Crippen molar-refractivity contribution in [3.8, 4) is 0 Å². The number of ether oxygens (including phenoxy) is 4. The van der Waals surface area contributed by atoms with Crippen LogP contribution in [0.25, 0.3) is 0 Å². The molecule has 4 fully saturated rings. The van der Waals surface area contributed by atoms with Gasteiger partial charge in [0.05, 0.1) is 18.8 Å². The number of nitrogens with zero attached hydrogens (tertiary/aromatic N) is 1. The lowest BCUT2D eigenvalue weighted by Gasteiger charge is -2.43. The molecule has 0 aromatic heterocycles. The number of fused-ring (bicyclic) bond motifs is 1. The van der Waals surface area contributed by atoms with Gasteiger partial charge in [0.15, 0.2) is 11.4 Å². The van der Waals surface area contributed by atoms with Crippen LogP contribution >= 0.6 is 0 Å². The number of carbonyl (C=O) groups excluding carboxylic acids is 1. The van der Waals surface area contributed by atoms with Gasteiger partial charge in [-0.1, -0.05) is 18.2 Å². The van der Waals surface area contributed by atoms with Gasteiger partial charge in [0.25, 0.3) is 5.91 Å². The standard InChI is InChI=1S/C27H39FN2O5/c1-26(2)34-23-16-27(33-18-20-7-3-4-8-21(20)28,25(31)29-11-14-30-12-5-6-13-30)15-22(24(23)35-26)32-17-19-9-10-19/h3-4,7-8,19,22-24H,5-6,9-18H2,1-2H3,(H,29,31)/t22?,23-,24+,27-/m1/s1. The fourth-order valence-corrected chi connectivity index (χ4v) is 5.58. The Bertz CT molecular complexity index is 888. The second-order valence-electron chi connectivity index (χ2n) is 11.0. The van der Waals surface area contributed by atoms with Gasteiger partial charge < -0.3 is 29.2 Å². The molecule has 0 bridgehead atoms. The van der Waals surface area contributed by atoms with E-state index in [0.717, 1.165) is 19.6 Å². The van der Waals surface area contributed by atoms with Crippen molar-refractivity contribution in [1.82, 2.24) is 10.2 Å². The van der Waals surface area contributed by atoms with E-state index in [0.29, 0.717) is 37.5 Å². The molecule has 2 heterocycles. The Hall–Kier alpha value is -1.58. The summed E-state index contributed by atoms with van der Waals surface area (Å²) in [5, 5.41) is 3.12. The van der Waals surface area contributed by atoms with Crippen molar-refractivity contribution < 1.29 is 28.1 Å². The van der Waals surface area contributed by atoms with Gasteiger partial charge in [0.2, 0.25) is 0 Å². The Kier molecular flexibility index (Phi) is 7.47. The second-order valence-corrected chi connectivity index (χ2v) is 11.0. The van der Waals surface area contributed by atoms with Crippen LogP contribution in [0.1, 0.15) is 57.9 Å². The summed E-state index contributed by atoms with van der Waals surface area (Å²) in [5.74, 6) is -0.702. The van der Waals surface area contributed by atoms with Gasteiger partial charge in [-0.15, -0.1) is 0 Å². The summed E-state index contributed by atoms with van der Waals surface area (Å²) in [7, 11) is 0. The molecule has 194 valence electrons. The number of benzene rings is 1. The minimum atomic E-state index is -1.19. The molecule has 4 atom stereocenters. The lowest BCUT2D eigenvalue weighted by molar-refractivity contribution is -0.182. The summed E-state index contributed by atoms with van der Waals surface area (Å²) in [6, 6.07) is 6.54. The van der Waals surface area contributed by atoms with Crippen molar-refractivity contribution in [2.45, 2.75) is 88.7 Å². The molecule has 1 aromatic carbocycles. The van der Waals surface area contributed by atoms with E-state index in [4.69, 9.17) is 18.9 Å². The van der Waals surface area contributed by atoms with Crippen LogP contribution < -0.4 is 5.32 Å². The summed E-state index contributed by atoms with van der Waals surface area (Å²) in [5.41, 5.74) is -0.759. The third kappa shape index (κ3) is 6.05. The van der Waals surface area contributed by atoms with Crippen molar-refractivity contribution in [1.29, 1.82) is 0 Å². The van der Waals surface area contributed by atoms with Crippen LogP contribution in [0.3, 0.4) is 0 Å². The molecular formula is C27H39FN2O5. The van der Waals surface area contributed by atoms with Crippen LogP contribution in [0.2, 0.25) is 0 Å². The smallest absolute Gasteiger partial charge is 0.252 e. The van der Waals surface area contributed by atoms with Crippen molar-refractivity contribution in [3.63, 3.8) is 0 Å². The van der Waals surface area contributed by atoms with Crippen LogP contribution in [0.15, 0.2) is 24.3 Å². The fraction of sp³-hybridized carbons (Fsp3) is 0.741. The number of rotatable bonds is 10. The average molecular weight is 491 g/mol. The maximum absolute atomic E-state index is 14.4. The molecule has 2 aliphatic heterocycles. The normalized spacial score (nSPS) is 32.5. The molecule has 35 heavy (non-hydrogen) atoms. The van der Waals surface area contributed by atoms with Gasteiger partial charge >= 0.3 is 0 Å². The fourth-order valence-electron chi connectivity index (χ4n) is 5.58. The maximum atomic E-state index is 14.4. The molecule has 2 saturated carbocycles. The molecule has 1 N–H and O–H groups in total. The second kappa shape index (κ2) is 10.4. The molecule has 5 rings (SSSR count). The molecule has 2 aliphatic carbocycles. The number of hydrogen-bond acceptors (Lipinski definition) is 6. The predicted molar refractivity (Wildman–Crippen MR) is 128 cm³/mol. The molecule has 4 aliphatic rings. The number of amides is 1. The van der Waals surface area contributed by atoms with Gasteiger partial charge in [0.1, 0.15) is 11.9 Å². The summed E-state index contributed by atoms with van der Waals surface area (Å²) in [6.07, 6.45) is 4.53. The van der Waals surface area contributed by atoms with Gasteiger partial charge in [-0.3, -0.25) is 4.79 Å². The third-order valence-electron chi connectivity index (χ3n) is 7.68. The van der Waals surface area contributed by atoms with Crippen LogP contribution in [0.4, 0.5) is 4.39 Å².